The fraction of sp³-hybridized carbons (Fsp3) is 0.538. The zero-order valence-corrected chi connectivity index (χ0v) is 11.3. The Morgan fingerprint density at radius 3 is 2.67 bits per heavy atom. The van der Waals surface area contributed by atoms with E-state index in [0.717, 1.165) is 5.56 Å². The van der Waals surface area contributed by atoms with Crippen molar-refractivity contribution >= 4 is 9.84 Å². The highest BCUT2D eigenvalue weighted by atomic mass is 32.2. The first-order valence-electron chi connectivity index (χ1n) is 6.02. The summed E-state index contributed by atoms with van der Waals surface area (Å²) in [6.45, 7) is 1.52. The number of aliphatic hydroxyl groups is 1. The lowest BCUT2D eigenvalue weighted by Crippen LogP contribution is -2.17. The lowest BCUT2D eigenvalue weighted by Gasteiger charge is -2.14. The maximum absolute atomic E-state index is 13.0. The molecule has 0 fully saturated rings. The maximum Gasteiger partial charge on any atom is 0.150 e. The molecular weight excluding hydrogens is 255 g/mol. The van der Waals surface area contributed by atoms with Crippen molar-refractivity contribution in [3.8, 4) is 0 Å². The van der Waals surface area contributed by atoms with Crippen LogP contribution in [0.15, 0.2) is 24.3 Å². The van der Waals surface area contributed by atoms with E-state index in [1.54, 1.807) is 19.1 Å². The summed E-state index contributed by atoms with van der Waals surface area (Å²) in [4.78, 5) is 0. The first-order valence-corrected chi connectivity index (χ1v) is 7.84. The third-order valence-electron chi connectivity index (χ3n) is 2.95. The van der Waals surface area contributed by atoms with Crippen LogP contribution in [0.5, 0.6) is 0 Å². The molecule has 0 aromatic heterocycles. The maximum atomic E-state index is 13.0. The number of benzene rings is 1. The van der Waals surface area contributed by atoms with Crippen molar-refractivity contribution in [1.82, 2.24) is 0 Å². The van der Waals surface area contributed by atoms with E-state index in [9.17, 15) is 17.9 Å². The lowest BCUT2D eigenvalue weighted by atomic mass is 9.98. The van der Waals surface area contributed by atoms with Crippen LogP contribution in [0.1, 0.15) is 18.9 Å². The van der Waals surface area contributed by atoms with E-state index in [1.165, 1.54) is 12.1 Å². The van der Waals surface area contributed by atoms with Gasteiger partial charge in [0.1, 0.15) is 15.7 Å². The largest absolute Gasteiger partial charge is 0.396 e. The molecule has 0 saturated carbocycles. The Hall–Kier alpha value is -0.940. The van der Waals surface area contributed by atoms with E-state index >= 15 is 0 Å². The molecule has 0 amide bonds. The molecule has 0 aliphatic heterocycles. The topological polar surface area (TPSA) is 54.4 Å². The van der Waals surface area contributed by atoms with Crippen molar-refractivity contribution in [3.05, 3.63) is 35.6 Å². The zero-order chi connectivity index (χ0) is 13.6. The summed E-state index contributed by atoms with van der Waals surface area (Å²) < 4.78 is 35.8. The van der Waals surface area contributed by atoms with Crippen molar-refractivity contribution in [3.63, 3.8) is 0 Å². The molecule has 1 aromatic carbocycles. The minimum absolute atomic E-state index is 0.0735. The van der Waals surface area contributed by atoms with Gasteiger partial charge in [-0.15, -0.1) is 0 Å². The van der Waals surface area contributed by atoms with Crippen LogP contribution in [0, 0.1) is 11.7 Å². The molecule has 0 radical (unpaired) electrons. The molecule has 5 heteroatoms. The highest BCUT2D eigenvalue weighted by Crippen LogP contribution is 2.14. The van der Waals surface area contributed by atoms with E-state index in [0.29, 0.717) is 12.8 Å². The Morgan fingerprint density at radius 2 is 2.11 bits per heavy atom. The predicted molar refractivity (Wildman–Crippen MR) is 69.6 cm³/mol. The monoisotopic (exact) mass is 274 g/mol. The fourth-order valence-electron chi connectivity index (χ4n) is 1.75. The second-order valence-electron chi connectivity index (χ2n) is 4.41. The molecule has 1 atom stereocenters. The Bertz CT molecular complexity index is 471. The van der Waals surface area contributed by atoms with Crippen molar-refractivity contribution in [2.45, 2.75) is 19.8 Å². The average molecular weight is 274 g/mol. The van der Waals surface area contributed by atoms with E-state index < -0.39 is 9.84 Å². The Balaban J connectivity index is 2.57. The molecule has 1 unspecified atom stereocenters. The van der Waals surface area contributed by atoms with Gasteiger partial charge in [-0.2, -0.15) is 0 Å². The van der Waals surface area contributed by atoms with Crippen LogP contribution < -0.4 is 0 Å². The van der Waals surface area contributed by atoms with Gasteiger partial charge in [0.15, 0.2) is 0 Å². The molecule has 3 nitrogen and oxygen atoms in total. The molecule has 102 valence electrons. The molecule has 1 rings (SSSR count). The first-order chi connectivity index (χ1) is 8.46. The minimum Gasteiger partial charge on any atom is -0.396 e. The van der Waals surface area contributed by atoms with Crippen LogP contribution in [-0.4, -0.2) is 31.6 Å². The molecule has 0 aliphatic carbocycles. The van der Waals surface area contributed by atoms with Gasteiger partial charge in [-0.3, -0.25) is 0 Å². The van der Waals surface area contributed by atoms with Crippen LogP contribution in [0.3, 0.4) is 0 Å². The standard InChI is InChI=1S/C13H19FO3S/c1-2-18(16,17)7-6-12(10-15)8-11-4-3-5-13(14)9-11/h3-5,9,12,15H,2,6-8,10H2,1H3. The molecule has 18 heavy (non-hydrogen) atoms. The Morgan fingerprint density at radius 1 is 1.39 bits per heavy atom. The summed E-state index contributed by atoms with van der Waals surface area (Å²) in [5, 5.41) is 9.24. The first kappa shape index (κ1) is 15.1. The van der Waals surface area contributed by atoms with Crippen LogP contribution in [-0.2, 0) is 16.3 Å². The number of hydrogen-bond donors (Lipinski definition) is 1. The van der Waals surface area contributed by atoms with Crippen molar-refractivity contribution in [2.75, 3.05) is 18.1 Å². The van der Waals surface area contributed by atoms with Crippen LogP contribution in [0.2, 0.25) is 0 Å². The van der Waals surface area contributed by atoms with Crippen LogP contribution >= 0.6 is 0 Å². The molecule has 0 bridgehead atoms. The summed E-state index contributed by atoms with van der Waals surface area (Å²) in [7, 11) is -3.01. The molecule has 0 saturated heterocycles. The van der Waals surface area contributed by atoms with Crippen molar-refractivity contribution < 1.29 is 17.9 Å². The number of halogens is 1. The molecule has 0 spiro atoms. The van der Waals surface area contributed by atoms with Gasteiger partial charge in [-0.1, -0.05) is 19.1 Å². The lowest BCUT2D eigenvalue weighted by molar-refractivity contribution is 0.222. The van der Waals surface area contributed by atoms with Crippen LogP contribution in [0.25, 0.3) is 0 Å². The quantitative estimate of drug-likeness (QED) is 0.825. The van der Waals surface area contributed by atoms with Gasteiger partial charge < -0.3 is 5.11 Å². The highest BCUT2D eigenvalue weighted by Gasteiger charge is 2.14. The van der Waals surface area contributed by atoms with Gasteiger partial charge in [-0.05, 0) is 36.5 Å². The summed E-state index contributed by atoms with van der Waals surface area (Å²) >= 11 is 0. The van der Waals surface area contributed by atoms with Gasteiger partial charge in [0.2, 0.25) is 0 Å². The van der Waals surface area contributed by atoms with Gasteiger partial charge in [0.05, 0.1) is 5.75 Å². The highest BCUT2D eigenvalue weighted by molar-refractivity contribution is 7.91. The third-order valence-corrected chi connectivity index (χ3v) is 4.69. The average Bonchev–Trinajstić information content (AvgIpc) is 2.34. The number of sulfone groups is 1. The van der Waals surface area contributed by atoms with Crippen molar-refractivity contribution in [2.24, 2.45) is 5.92 Å². The molecule has 0 heterocycles. The molecule has 0 aliphatic rings. The molecule has 1 N–H and O–H groups in total. The van der Waals surface area contributed by atoms with Gasteiger partial charge in [0, 0.05) is 12.4 Å². The van der Waals surface area contributed by atoms with E-state index in [2.05, 4.69) is 0 Å². The third kappa shape index (κ3) is 5.14. The minimum atomic E-state index is -3.01. The predicted octanol–water partition coefficient (Wildman–Crippen LogP) is 1.80. The number of rotatable bonds is 7. The Labute approximate surface area is 108 Å². The van der Waals surface area contributed by atoms with E-state index in [4.69, 9.17) is 0 Å². The van der Waals surface area contributed by atoms with Gasteiger partial charge >= 0.3 is 0 Å². The van der Waals surface area contributed by atoms with E-state index in [1.807, 2.05) is 0 Å². The number of aliphatic hydroxyl groups excluding tert-OH is 1. The van der Waals surface area contributed by atoms with Gasteiger partial charge in [-0.25, -0.2) is 12.8 Å². The molecule has 1 aromatic rings. The second kappa shape index (κ2) is 6.85. The summed E-state index contributed by atoms with van der Waals surface area (Å²) in [5.74, 6) is -0.270. The zero-order valence-electron chi connectivity index (χ0n) is 10.5. The van der Waals surface area contributed by atoms with Crippen LogP contribution in [0.4, 0.5) is 4.39 Å². The van der Waals surface area contributed by atoms with Crippen molar-refractivity contribution in [1.29, 1.82) is 0 Å². The summed E-state index contributed by atoms with van der Waals surface area (Å²) in [6.07, 6.45) is 0.899. The smallest absolute Gasteiger partial charge is 0.150 e. The van der Waals surface area contributed by atoms with Gasteiger partial charge in [0.25, 0.3) is 0 Å². The Kier molecular flexibility index (Phi) is 5.75. The summed E-state index contributed by atoms with van der Waals surface area (Å²) in [5.41, 5.74) is 0.781. The number of hydrogen-bond acceptors (Lipinski definition) is 3. The fourth-order valence-corrected chi connectivity index (χ4v) is 2.73. The summed E-state index contributed by atoms with van der Waals surface area (Å²) in [6, 6.07) is 6.16. The SMILES string of the molecule is CCS(=O)(=O)CCC(CO)Cc1cccc(F)c1. The second-order valence-corrected chi connectivity index (χ2v) is 6.88. The van der Waals surface area contributed by atoms with E-state index in [-0.39, 0.29) is 29.8 Å². The normalized spacial score (nSPS) is 13.5. The molecular formula is C13H19FO3S.